The molecular formula is C20H23NO. The molecule has 114 valence electrons. The minimum Gasteiger partial charge on any atom is -0.374 e. The molecule has 2 aromatic rings. The average Bonchev–Trinajstić information content (AvgIpc) is 2.89. The summed E-state index contributed by atoms with van der Waals surface area (Å²) < 4.78 is 0. The van der Waals surface area contributed by atoms with Crippen molar-refractivity contribution in [3.8, 4) is 11.1 Å². The number of Topliss-reactive ketones (excluding diaryl/α,β-unsaturated/α-hetero) is 1. The number of likely N-dealkylation sites (N-methyl/N-ethyl adjacent to an activating group) is 1. The summed E-state index contributed by atoms with van der Waals surface area (Å²) in [7, 11) is 2.14. The lowest BCUT2D eigenvalue weighted by atomic mass is 9.97. The van der Waals surface area contributed by atoms with Crippen LogP contribution >= 0.6 is 0 Å². The number of carbonyl (C=O) groups excluding carboxylic acids is 1. The molecule has 0 aliphatic carbocycles. The van der Waals surface area contributed by atoms with Crippen LogP contribution in [0.25, 0.3) is 11.1 Å². The van der Waals surface area contributed by atoms with Crippen molar-refractivity contribution < 1.29 is 4.79 Å². The summed E-state index contributed by atoms with van der Waals surface area (Å²) >= 11 is 0. The standard InChI is InChI=1S/C20H23NO/c1-14(2)20(22)12-15-4-6-16(7-5-15)17-8-9-19-18(13-17)10-11-21(19)3/h4-9,13-14H,10-12H2,1-3H3. The molecule has 0 unspecified atom stereocenters. The number of carbonyl (C=O) groups is 1. The molecule has 3 rings (SSSR count). The quantitative estimate of drug-likeness (QED) is 0.845. The largest absolute Gasteiger partial charge is 0.374 e. The second kappa shape index (κ2) is 5.96. The van der Waals surface area contributed by atoms with Gasteiger partial charge in [0.05, 0.1) is 0 Å². The fraction of sp³-hybridized carbons (Fsp3) is 0.350. The van der Waals surface area contributed by atoms with E-state index in [0.717, 1.165) is 18.5 Å². The Balaban J connectivity index is 1.80. The SMILES string of the molecule is CC(C)C(=O)Cc1ccc(-c2ccc3c(c2)CCN3C)cc1. The van der Waals surface area contributed by atoms with E-state index in [0.29, 0.717) is 12.2 Å². The van der Waals surface area contributed by atoms with E-state index < -0.39 is 0 Å². The lowest BCUT2D eigenvalue weighted by Gasteiger charge is -2.12. The molecule has 0 N–H and O–H groups in total. The molecule has 0 fully saturated rings. The van der Waals surface area contributed by atoms with Crippen LogP contribution in [-0.2, 0) is 17.6 Å². The van der Waals surface area contributed by atoms with Gasteiger partial charge in [0.1, 0.15) is 5.78 Å². The van der Waals surface area contributed by atoms with Gasteiger partial charge in [0.15, 0.2) is 0 Å². The molecule has 2 aromatic carbocycles. The maximum Gasteiger partial charge on any atom is 0.139 e. The molecular weight excluding hydrogens is 270 g/mol. The predicted molar refractivity (Wildman–Crippen MR) is 92.4 cm³/mol. The van der Waals surface area contributed by atoms with Gasteiger partial charge in [0, 0.05) is 31.6 Å². The molecule has 0 amide bonds. The Morgan fingerprint density at radius 1 is 1.09 bits per heavy atom. The van der Waals surface area contributed by atoms with Crippen molar-refractivity contribution in [3.05, 3.63) is 53.6 Å². The first kappa shape index (κ1) is 14.8. The van der Waals surface area contributed by atoms with Crippen LogP contribution in [0.2, 0.25) is 0 Å². The van der Waals surface area contributed by atoms with E-state index in [-0.39, 0.29) is 5.92 Å². The molecule has 1 aliphatic rings. The number of ketones is 1. The van der Waals surface area contributed by atoms with Crippen LogP contribution in [0.4, 0.5) is 5.69 Å². The molecule has 22 heavy (non-hydrogen) atoms. The van der Waals surface area contributed by atoms with Crippen LogP contribution in [-0.4, -0.2) is 19.4 Å². The van der Waals surface area contributed by atoms with Crippen LogP contribution < -0.4 is 4.90 Å². The Labute approximate surface area is 132 Å². The molecule has 0 saturated heterocycles. The van der Waals surface area contributed by atoms with Crippen LogP contribution in [0.15, 0.2) is 42.5 Å². The summed E-state index contributed by atoms with van der Waals surface area (Å²) in [5.41, 5.74) is 6.36. The highest BCUT2D eigenvalue weighted by Gasteiger charge is 2.16. The molecule has 0 aromatic heterocycles. The zero-order valence-electron chi connectivity index (χ0n) is 13.6. The van der Waals surface area contributed by atoms with Gasteiger partial charge in [0.2, 0.25) is 0 Å². The summed E-state index contributed by atoms with van der Waals surface area (Å²) in [6.07, 6.45) is 1.66. The van der Waals surface area contributed by atoms with Gasteiger partial charge in [-0.1, -0.05) is 44.2 Å². The Morgan fingerprint density at radius 2 is 1.77 bits per heavy atom. The summed E-state index contributed by atoms with van der Waals surface area (Å²) in [5, 5.41) is 0. The molecule has 0 radical (unpaired) electrons. The van der Waals surface area contributed by atoms with Gasteiger partial charge in [-0.2, -0.15) is 0 Å². The Morgan fingerprint density at radius 3 is 2.45 bits per heavy atom. The van der Waals surface area contributed by atoms with Crippen LogP contribution in [0.1, 0.15) is 25.0 Å². The number of nitrogens with zero attached hydrogens (tertiary/aromatic N) is 1. The monoisotopic (exact) mass is 293 g/mol. The van der Waals surface area contributed by atoms with Gasteiger partial charge in [-0.15, -0.1) is 0 Å². The van der Waals surface area contributed by atoms with Crippen LogP contribution in [0, 0.1) is 5.92 Å². The Hall–Kier alpha value is -2.09. The predicted octanol–water partition coefficient (Wildman–Crippen LogP) is 4.11. The van der Waals surface area contributed by atoms with Crippen molar-refractivity contribution in [2.75, 3.05) is 18.5 Å². The van der Waals surface area contributed by atoms with Crippen molar-refractivity contribution in [2.45, 2.75) is 26.7 Å². The molecule has 2 nitrogen and oxygen atoms in total. The minimum atomic E-state index is 0.105. The van der Waals surface area contributed by atoms with Crippen molar-refractivity contribution in [1.82, 2.24) is 0 Å². The third kappa shape index (κ3) is 2.92. The van der Waals surface area contributed by atoms with Crippen LogP contribution in [0.5, 0.6) is 0 Å². The molecule has 0 atom stereocenters. The van der Waals surface area contributed by atoms with Crippen molar-refractivity contribution in [1.29, 1.82) is 0 Å². The number of benzene rings is 2. The fourth-order valence-corrected chi connectivity index (χ4v) is 2.97. The number of rotatable bonds is 4. The summed E-state index contributed by atoms with van der Waals surface area (Å²) in [6, 6.07) is 15.1. The van der Waals surface area contributed by atoms with Gasteiger partial charge in [0.25, 0.3) is 0 Å². The second-order valence-corrected chi connectivity index (χ2v) is 6.51. The molecule has 2 heteroatoms. The van der Waals surface area contributed by atoms with Gasteiger partial charge in [-0.05, 0) is 40.8 Å². The van der Waals surface area contributed by atoms with Crippen molar-refractivity contribution >= 4 is 11.5 Å². The Kier molecular flexibility index (Phi) is 4.02. The first-order valence-corrected chi connectivity index (χ1v) is 8.00. The van der Waals surface area contributed by atoms with Gasteiger partial charge < -0.3 is 4.90 Å². The first-order chi connectivity index (χ1) is 10.5. The first-order valence-electron chi connectivity index (χ1n) is 8.00. The normalized spacial score (nSPS) is 13.5. The zero-order valence-corrected chi connectivity index (χ0v) is 13.6. The number of hydrogen-bond acceptors (Lipinski definition) is 2. The number of fused-ring (bicyclic) bond motifs is 1. The van der Waals surface area contributed by atoms with Gasteiger partial charge >= 0.3 is 0 Å². The maximum absolute atomic E-state index is 11.8. The third-order valence-electron chi connectivity index (χ3n) is 4.52. The van der Waals surface area contributed by atoms with E-state index in [4.69, 9.17) is 0 Å². The van der Waals surface area contributed by atoms with E-state index in [1.165, 1.54) is 22.4 Å². The molecule has 0 saturated carbocycles. The molecule has 1 aliphatic heterocycles. The van der Waals surface area contributed by atoms with E-state index in [2.05, 4.69) is 54.4 Å². The number of anilines is 1. The molecule has 0 spiro atoms. The smallest absolute Gasteiger partial charge is 0.139 e. The lowest BCUT2D eigenvalue weighted by Crippen LogP contribution is -2.12. The highest BCUT2D eigenvalue weighted by Crippen LogP contribution is 2.31. The molecule has 0 bridgehead atoms. The topological polar surface area (TPSA) is 20.3 Å². The highest BCUT2D eigenvalue weighted by atomic mass is 16.1. The summed E-state index contributed by atoms with van der Waals surface area (Å²) in [5.74, 6) is 0.404. The maximum atomic E-state index is 11.8. The van der Waals surface area contributed by atoms with E-state index >= 15 is 0 Å². The van der Waals surface area contributed by atoms with E-state index in [1.807, 2.05) is 13.8 Å². The van der Waals surface area contributed by atoms with Crippen molar-refractivity contribution in [3.63, 3.8) is 0 Å². The summed E-state index contributed by atoms with van der Waals surface area (Å²) in [6.45, 7) is 5.02. The third-order valence-corrected chi connectivity index (χ3v) is 4.52. The van der Waals surface area contributed by atoms with Crippen molar-refractivity contribution in [2.24, 2.45) is 5.92 Å². The van der Waals surface area contributed by atoms with Crippen LogP contribution in [0.3, 0.4) is 0 Å². The minimum absolute atomic E-state index is 0.105. The van der Waals surface area contributed by atoms with E-state index in [1.54, 1.807) is 0 Å². The summed E-state index contributed by atoms with van der Waals surface area (Å²) in [4.78, 5) is 14.1. The zero-order chi connectivity index (χ0) is 15.7. The number of hydrogen-bond donors (Lipinski definition) is 0. The second-order valence-electron chi connectivity index (χ2n) is 6.51. The van der Waals surface area contributed by atoms with Gasteiger partial charge in [-0.3, -0.25) is 4.79 Å². The molecule has 1 heterocycles. The average molecular weight is 293 g/mol. The highest BCUT2D eigenvalue weighted by molar-refractivity contribution is 5.82. The lowest BCUT2D eigenvalue weighted by molar-refractivity contribution is -0.121. The fourth-order valence-electron chi connectivity index (χ4n) is 2.97. The van der Waals surface area contributed by atoms with Gasteiger partial charge in [-0.25, -0.2) is 0 Å². The Bertz CT molecular complexity index is 685. The van der Waals surface area contributed by atoms with E-state index in [9.17, 15) is 4.79 Å².